The van der Waals surface area contributed by atoms with Crippen LogP contribution in [0.25, 0.3) is 10.2 Å². The number of morpholine rings is 1. The van der Waals surface area contributed by atoms with E-state index in [2.05, 4.69) is 20.5 Å². The van der Waals surface area contributed by atoms with Crippen molar-refractivity contribution < 1.29 is 14.3 Å². The first-order valence-electron chi connectivity index (χ1n) is 8.48. The number of hydrogen-bond acceptors (Lipinski definition) is 7. The van der Waals surface area contributed by atoms with E-state index in [1.807, 2.05) is 18.2 Å². The number of fused-ring (bicyclic) bond motifs is 1. The van der Waals surface area contributed by atoms with Crippen LogP contribution in [0.5, 0.6) is 5.75 Å². The molecule has 2 aliphatic rings. The van der Waals surface area contributed by atoms with E-state index in [0.717, 1.165) is 29.0 Å². The van der Waals surface area contributed by atoms with Gasteiger partial charge in [0.05, 0.1) is 30.7 Å². The lowest BCUT2D eigenvalue weighted by molar-refractivity contribution is -0.112. The van der Waals surface area contributed by atoms with Gasteiger partial charge < -0.3 is 19.7 Å². The lowest BCUT2D eigenvalue weighted by Gasteiger charge is -2.29. The Morgan fingerprint density at radius 1 is 1.38 bits per heavy atom. The van der Waals surface area contributed by atoms with Crippen LogP contribution in [0, 0.1) is 0 Å². The highest BCUT2D eigenvalue weighted by atomic mass is 32.1. The van der Waals surface area contributed by atoms with E-state index < -0.39 is 0 Å². The second kappa shape index (κ2) is 7.35. The Hall–Kier alpha value is -2.58. The van der Waals surface area contributed by atoms with E-state index in [0.29, 0.717) is 36.2 Å². The molecule has 0 saturated carbocycles. The second-order valence-corrected chi connectivity index (χ2v) is 6.94. The maximum absolute atomic E-state index is 12.4. The molecule has 26 heavy (non-hydrogen) atoms. The van der Waals surface area contributed by atoms with Crippen molar-refractivity contribution in [3.63, 3.8) is 0 Å². The number of nitrogens with one attached hydrogen (secondary N) is 2. The van der Waals surface area contributed by atoms with Gasteiger partial charge in [-0.15, -0.1) is 0 Å². The van der Waals surface area contributed by atoms with Gasteiger partial charge in [0.1, 0.15) is 11.3 Å². The molecule has 1 saturated heterocycles. The molecule has 2 aromatic rings. The van der Waals surface area contributed by atoms with Crippen molar-refractivity contribution in [3.8, 4) is 5.75 Å². The molecule has 1 amide bonds. The number of hydrogen-bond donors (Lipinski definition) is 2. The molecular weight excluding hydrogens is 352 g/mol. The maximum atomic E-state index is 12.4. The quantitative estimate of drug-likeness (QED) is 0.856. The zero-order valence-corrected chi connectivity index (χ0v) is 15.3. The molecule has 0 atom stereocenters. The van der Waals surface area contributed by atoms with Crippen molar-refractivity contribution in [1.82, 2.24) is 10.3 Å². The highest BCUT2D eigenvalue weighted by molar-refractivity contribution is 7.23. The molecule has 0 bridgehead atoms. The summed E-state index contributed by atoms with van der Waals surface area (Å²) in [6.45, 7) is 3.75. The summed E-state index contributed by atoms with van der Waals surface area (Å²) in [5.41, 5.74) is 2.50. The number of thiazole rings is 1. The Morgan fingerprint density at radius 2 is 2.23 bits per heavy atom. The number of aromatic nitrogens is 1. The van der Waals surface area contributed by atoms with Gasteiger partial charge in [0, 0.05) is 25.2 Å². The molecule has 7 nitrogen and oxygen atoms in total. The first-order chi connectivity index (χ1) is 12.8. The third-order valence-corrected chi connectivity index (χ3v) is 5.35. The number of benzene rings is 1. The minimum Gasteiger partial charge on any atom is -0.494 e. The molecule has 3 heterocycles. The van der Waals surface area contributed by atoms with E-state index in [1.54, 1.807) is 19.4 Å². The van der Waals surface area contributed by atoms with Gasteiger partial charge in [-0.2, -0.15) is 0 Å². The fourth-order valence-corrected chi connectivity index (χ4v) is 4.05. The van der Waals surface area contributed by atoms with Crippen LogP contribution in [0.15, 0.2) is 36.1 Å². The van der Waals surface area contributed by atoms with Crippen LogP contribution >= 0.6 is 11.3 Å². The second-order valence-electron chi connectivity index (χ2n) is 5.94. The molecule has 2 aliphatic heterocycles. The number of ether oxygens (including phenoxy) is 2. The number of dihydropyridines is 1. The molecule has 136 valence electrons. The number of anilines is 2. The van der Waals surface area contributed by atoms with E-state index in [4.69, 9.17) is 9.47 Å². The van der Waals surface area contributed by atoms with Crippen LogP contribution in [-0.2, 0) is 9.53 Å². The van der Waals surface area contributed by atoms with Gasteiger partial charge in [-0.1, -0.05) is 17.4 Å². The van der Waals surface area contributed by atoms with Crippen LogP contribution in [0.1, 0.15) is 0 Å². The minimum atomic E-state index is -0.159. The average molecular weight is 372 g/mol. The van der Waals surface area contributed by atoms with E-state index in [-0.39, 0.29) is 5.91 Å². The summed E-state index contributed by atoms with van der Waals surface area (Å²) in [5, 5.41) is 6.50. The summed E-state index contributed by atoms with van der Waals surface area (Å²) < 4.78 is 11.9. The van der Waals surface area contributed by atoms with Gasteiger partial charge in [0.2, 0.25) is 0 Å². The first-order valence-corrected chi connectivity index (χ1v) is 9.29. The average Bonchev–Trinajstić information content (AvgIpc) is 3.12. The molecule has 1 aromatic carbocycles. The van der Waals surface area contributed by atoms with Crippen LogP contribution in [-0.4, -0.2) is 50.8 Å². The molecule has 4 rings (SSSR count). The molecule has 1 aromatic heterocycles. The monoisotopic (exact) mass is 372 g/mol. The van der Waals surface area contributed by atoms with Crippen LogP contribution in [0.4, 0.5) is 10.8 Å². The largest absolute Gasteiger partial charge is 0.494 e. The third-order valence-electron chi connectivity index (χ3n) is 4.36. The Bertz CT molecular complexity index is 884. The zero-order chi connectivity index (χ0) is 17.9. The maximum Gasteiger partial charge on any atom is 0.257 e. The number of carbonyl (C=O) groups is 1. The number of methoxy groups -OCH3 is 1. The molecule has 0 unspecified atom stereocenters. The van der Waals surface area contributed by atoms with Crippen molar-refractivity contribution >= 4 is 38.3 Å². The van der Waals surface area contributed by atoms with E-state index in [1.165, 1.54) is 11.3 Å². The highest BCUT2D eigenvalue weighted by Crippen LogP contribution is 2.39. The fraction of sp³-hybridized carbons (Fsp3) is 0.333. The van der Waals surface area contributed by atoms with Crippen LogP contribution in [0.2, 0.25) is 0 Å². The summed E-state index contributed by atoms with van der Waals surface area (Å²) in [4.78, 5) is 19.3. The van der Waals surface area contributed by atoms with Crippen molar-refractivity contribution in [2.24, 2.45) is 0 Å². The molecule has 0 aliphatic carbocycles. The van der Waals surface area contributed by atoms with Crippen molar-refractivity contribution in [1.29, 1.82) is 0 Å². The van der Waals surface area contributed by atoms with E-state index >= 15 is 0 Å². The van der Waals surface area contributed by atoms with E-state index in [9.17, 15) is 4.79 Å². The van der Waals surface area contributed by atoms with Crippen LogP contribution < -0.4 is 20.3 Å². The number of rotatable bonds is 4. The summed E-state index contributed by atoms with van der Waals surface area (Å²) in [6, 6.07) is 3.98. The lowest BCUT2D eigenvalue weighted by Crippen LogP contribution is -2.36. The topological polar surface area (TPSA) is 75.7 Å². The van der Waals surface area contributed by atoms with Gasteiger partial charge in [-0.05, 0) is 24.4 Å². The predicted molar refractivity (Wildman–Crippen MR) is 103 cm³/mol. The highest BCUT2D eigenvalue weighted by Gasteiger charge is 2.20. The van der Waals surface area contributed by atoms with Gasteiger partial charge >= 0.3 is 0 Å². The van der Waals surface area contributed by atoms with Crippen molar-refractivity contribution in [2.45, 2.75) is 0 Å². The molecular formula is C18H20N4O3S. The summed E-state index contributed by atoms with van der Waals surface area (Å²) in [6.07, 6.45) is 5.38. The first kappa shape index (κ1) is 16.9. The normalized spacial score (nSPS) is 17.0. The molecule has 8 heteroatoms. The lowest BCUT2D eigenvalue weighted by atomic mass is 10.2. The standard InChI is InChI=1S/C18H20N4O3S/c1-24-14-3-2-13(22-8-10-25-11-9-22)16-15(14)20-18(26-16)21-17(23)12-4-6-19-7-5-12/h2-6,19H,7-11H2,1H3,(H,20,21,23). The van der Waals surface area contributed by atoms with Crippen molar-refractivity contribution in [2.75, 3.05) is 50.2 Å². The smallest absolute Gasteiger partial charge is 0.257 e. The predicted octanol–water partition coefficient (Wildman–Crippen LogP) is 2.12. The van der Waals surface area contributed by atoms with Gasteiger partial charge in [0.25, 0.3) is 5.91 Å². The summed E-state index contributed by atoms with van der Waals surface area (Å²) in [7, 11) is 1.63. The zero-order valence-electron chi connectivity index (χ0n) is 14.4. The molecule has 2 N–H and O–H groups in total. The number of carbonyl (C=O) groups excluding carboxylic acids is 1. The fourth-order valence-electron chi connectivity index (χ4n) is 3.03. The Labute approximate surface area is 155 Å². The Kier molecular flexibility index (Phi) is 4.77. The SMILES string of the molecule is COc1ccc(N2CCOCC2)c2sc(NC(=O)C3=CCNC=C3)nc12. The number of amides is 1. The molecule has 0 radical (unpaired) electrons. The minimum absolute atomic E-state index is 0.159. The van der Waals surface area contributed by atoms with Crippen LogP contribution in [0.3, 0.4) is 0 Å². The van der Waals surface area contributed by atoms with Gasteiger partial charge in [-0.25, -0.2) is 4.98 Å². The van der Waals surface area contributed by atoms with Gasteiger partial charge in [-0.3, -0.25) is 10.1 Å². The number of nitrogens with zero attached hydrogens (tertiary/aromatic N) is 2. The molecule has 0 spiro atoms. The van der Waals surface area contributed by atoms with Gasteiger partial charge in [0.15, 0.2) is 5.13 Å². The third kappa shape index (κ3) is 3.25. The molecule has 1 fully saturated rings. The Morgan fingerprint density at radius 3 is 2.96 bits per heavy atom. The summed E-state index contributed by atoms with van der Waals surface area (Å²) >= 11 is 1.47. The summed E-state index contributed by atoms with van der Waals surface area (Å²) in [5.74, 6) is 0.545. The van der Waals surface area contributed by atoms with Crippen molar-refractivity contribution in [3.05, 3.63) is 36.1 Å². The Balaban J connectivity index is 1.67.